The van der Waals surface area contributed by atoms with Gasteiger partial charge >= 0.3 is 0 Å². The Labute approximate surface area is 150 Å². The molecular formula is C20H26O4S. The quantitative estimate of drug-likeness (QED) is 0.640. The number of benzene rings is 1. The molecule has 1 N–H and O–H groups in total. The van der Waals surface area contributed by atoms with Crippen LogP contribution >= 0.6 is 0 Å². The number of carbonyl (C=O) groups excluding carboxylic acids is 1. The van der Waals surface area contributed by atoms with Gasteiger partial charge in [0.2, 0.25) is 0 Å². The smallest absolute Gasteiger partial charge is 0.265 e. The molecule has 2 aliphatic carbocycles. The predicted molar refractivity (Wildman–Crippen MR) is 97.9 cm³/mol. The normalized spacial score (nSPS) is 29.5. The van der Waals surface area contributed by atoms with Crippen LogP contribution < -0.4 is 0 Å². The zero-order valence-electron chi connectivity index (χ0n) is 15.1. The maximum Gasteiger partial charge on any atom is 0.265 e. The fourth-order valence-corrected chi connectivity index (χ4v) is 6.08. The molecule has 0 spiro atoms. The van der Waals surface area contributed by atoms with Gasteiger partial charge in [0, 0.05) is 0 Å². The van der Waals surface area contributed by atoms with Crippen molar-refractivity contribution < 1.29 is 17.8 Å². The van der Waals surface area contributed by atoms with Gasteiger partial charge in [0.1, 0.15) is 0 Å². The zero-order valence-corrected chi connectivity index (χ0v) is 15.9. The highest BCUT2D eigenvalue weighted by molar-refractivity contribution is 7.85. The average Bonchev–Trinajstić information content (AvgIpc) is 2.82. The number of hydrogen-bond donors (Lipinski definition) is 1. The van der Waals surface area contributed by atoms with Crippen LogP contribution in [0.4, 0.5) is 0 Å². The monoisotopic (exact) mass is 362 g/mol. The number of Topliss-reactive ketones (excluding diaryl/α,β-unsaturated/α-hetero) is 1. The number of fused-ring (bicyclic) bond motifs is 2. The zero-order chi connectivity index (χ0) is 18.5. The largest absolute Gasteiger partial charge is 0.294 e. The third-order valence-corrected chi connectivity index (χ3v) is 7.24. The standard InChI is InChI=1S/C20H26O4S/c1-14-7-9-15(10-8-14)5-4-6-16-17-11-12-20(18(16)21,19(17,2)3)13-25(22,23)24/h6-10,17H,4-5,11-13H2,1-3H3,(H,22,23,24)/b16-6-. The summed E-state index contributed by atoms with van der Waals surface area (Å²) in [4.78, 5) is 13.0. The van der Waals surface area contributed by atoms with Gasteiger partial charge in [-0.25, -0.2) is 0 Å². The van der Waals surface area contributed by atoms with Gasteiger partial charge in [-0.15, -0.1) is 0 Å². The van der Waals surface area contributed by atoms with E-state index < -0.39 is 26.7 Å². The Morgan fingerprint density at radius 3 is 2.48 bits per heavy atom. The fraction of sp³-hybridized carbons (Fsp3) is 0.550. The van der Waals surface area contributed by atoms with Gasteiger partial charge in [-0.05, 0) is 55.1 Å². The van der Waals surface area contributed by atoms with Gasteiger partial charge in [-0.3, -0.25) is 9.35 Å². The fourth-order valence-electron chi connectivity index (χ4n) is 4.81. The van der Waals surface area contributed by atoms with Crippen molar-refractivity contribution in [3.63, 3.8) is 0 Å². The molecule has 2 bridgehead atoms. The summed E-state index contributed by atoms with van der Waals surface area (Å²) in [6.45, 7) is 5.99. The molecule has 2 fully saturated rings. The molecule has 0 amide bonds. The Morgan fingerprint density at radius 2 is 1.88 bits per heavy atom. The van der Waals surface area contributed by atoms with E-state index in [1.54, 1.807) is 0 Å². The summed E-state index contributed by atoms with van der Waals surface area (Å²) in [7, 11) is -4.19. The Morgan fingerprint density at radius 1 is 1.24 bits per heavy atom. The number of ketones is 1. The maximum atomic E-state index is 13.0. The average molecular weight is 362 g/mol. The summed E-state index contributed by atoms with van der Waals surface area (Å²) >= 11 is 0. The number of allylic oxidation sites excluding steroid dienone is 2. The Hall–Kier alpha value is -1.46. The van der Waals surface area contributed by atoms with Crippen LogP contribution in [0.5, 0.6) is 0 Å². The molecule has 0 heterocycles. The molecule has 0 aliphatic heterocycles. The van der Waals surface area contributed by atoms with E-state index in [2.05, 4.69) is 31.2 Å². The van der Waals surface area contributed by atoms with Gasteiger partial charge in [-0.1, -0.05) is 49.8 Å². The van der Waals surface area contributed by atoms with E-state index in [0.717, 1.165) is 24.8 Å². The summed E-state index contributed by atoms with van der Waals surface area (Å²) in [5, 5.41) is 0. The molecule has 2 unspecified atom stereocenters. The molecule has 0 saturated heterocycles. The highest BCUT2D eigenvalue weighted by Crippen LogP contribution is 2.66. The minimum absolute atomic E-state index is 0.0738. The predicted octanol–water partition coefficient (Wildman–Crippen LogP) is 3.75. The van der Waals surface area contributed by atoms with E-state index in [-0.39, 0.29) is 11.7 Å². The topological polar surface area (TPSA) is 71.4 Å². The van der Waals surface area contributed by atoms with Crippen molar-refractivity contribution in [1.29, 1.82) is 0 Å². The van der Waals surface area contributed by atoms with Crippen molar-refractivity contribution in [3.8, 4) is 0 Å². The number of hydrogen-bond acceptors (Lipinski definition) is 3. The Balaban J connectivity index is 1.82. The van der Waals surface area contributed by atoms with Gasteiger partial charge in [0.05, 0.1) is 11.2 Å². The third-order valence-electron chi connectivity index (χ3n) is 6.38. The second-order valence-corrected chi connectivity index (χ2v) is 9.59. The Kier molecular flexibility index (Phi) is 4.44. The molecule has 25 heavy (non-hydrogen) atoms. The first kappa shape index (κ1) is 18.3. The molecule has 0 radical (unpaired) electrons. The number of rotatable bonds is 5. The lowest BCUT2D eigenvalue weighted by atomic mass is 9.70. The first-order chi connectivity index (χ1) is 11.6. The summed E-state index contributed by atoms with van der Waals surface area (Å²) in [5.41, 5.74) is 1.81. The van der Waals surface area contributed by atoms with Crippen LogP contribution in [0.2, 0.25) is 0 Å². The van der Waals surface area contributed by atoms with E-state index in [4.69, 9.17) is 0 Å². The van der Waals surface area contributed by atoms with Crippen LogP contribution in [0, 0.1) is 23.7 Å². The van der Waals surface area contributed by atoms with E-state index in [0.29, 0.717) is 6.42 Å². The lowest BCUT2D eigenvalue weighted by molar-refractivity contribution is -0.125. The minimum Gasteiger partial charge on any atom is -0.294 e. The van der Waals surface area contributed by atoms with E-state index in [1.165, 1.54) is 11.1 Å². The van der Waals surface area contributed by atoms with Crippen LogP contribution in [-0.2, 0) is 21.3 Å². The molecule has 2 saturated carbocycles. The lowest BCUT2D eigenvalue weighted by Gasteiger charge is -2.34. The molecule has 2 aliphatic rings. The van der Waals surface area contributed by atoms with Crippen molar-refractivity contribution in [1.82, 2.24) is 0 Å². The molecule has 2 atom stereocenters. The Bertz CT molecular complexity index is 818. The molecule has 5 heteroatoms. The second kappa shape index (κ2) is 6.06. The lowest BCUT2D eigenvalue weighted by Crippen LogP contribution is -2.42. The van der Waals surface area contributed by atoms with Gasteiger partial charge in [0.25, 0.3) is 10.1 Å². The third kappa shape index (κ3) is 3.08. The molecule has 136 valence electrons. The van der Waals surface area contributed by atoms with Crippen molar-refractivity contribution in [2.75, 3.05) is 5.75 Å². The van der Waals surface area contributed by atoms with Gasteiger partial charge in [0.15, 0.2) is 5.78 Å². The minimum atomic E-state index is -4.19. The highest BCUT2D eigenvalue weighted by atomic mass is 32.2. The summed E-state index contributed by atoms with van der Waals surface area (Å²) in [6.07, 6.45) is 4.97. The van der Waals surface area contributed by atoms with E-state index in [1.807, 2.05) is 19.9 Å². The van der Waals surface area contributed by atoms with Crippen molar-refractivity contribution in [2.24, 2.45) is 16.7 Å². The van der Waals surface area contributed by atoms with E-state index >= 15 is 0 Å². The first-order valence-electron chi connectivity index (χ1n) is 8.82. The molecule has 3 rings (SSSR count). The van der Waals surface area contributed by atoms with Crippen LogP contribution in [0.3, 0.4) is 0 Å². The SMILES string of the molecule is Cc1ccc(CC/C=C2\C(=O)C3(CS(=O)(=O)O)CCC2C3(C)C)cc1. The van der Waals surface area contributed by atoms with Gasteiger partial charge in [-0.2, -0.15) is 8.42 Å². The summed E-state index contributed by atoms with van der Waals surface area (Å²) < 4.78 is 32.4. The highest BCUT2D eigenvalue weighted by Gasteiger charge is 2.67. The molecule has 4 nitrogen and oxygen atoms in total. The summed E-state index contributed by atoms with van der Waals surface area (Å²) in [6, 6.07) is 8.35. The molecule has 1 aromatic carbocycles. The van der Waals surface area contributed by atoms with Crippen LogP contribution in [-0.4, -0.2) is 24.5 Å². The van der Waals surface area contributed by atoms with Crippen molar-refractivity contribution >= 4 is 15.9 Å². The number of aryl methyl sites for hydroxylation is 2. The second-order valence-electron chi connectivity index (χ2n) is 8.13. The van der Waals surface area contributed by atoms with Crippen LogP contribution in [0.15, 0.2) is 35.9 Å². The molecule has 1 aromatic rings. The van der Waals surface area contributed by atoms with Crippen molar-refractivity contribution in [3.05, 3.63) is 47.0 Å². The van der Waals surface area contributed by atoms with Crippen LogP contribution in [0.1, 0.15) is 44.2 Å². The van der Waals surface area contributed by atoms with E-state index in [9.17, 15) is 17.8 Å². The molecular weight excluding hydrogens is 336 g/mol. The first-order valence-corrected chi connectivity index (χ1v) is 10.4. The number of carbonyl (C=O) groups is 1. The van der Waals surface area contributed by atoms with Crippen molar-refractivity contribution in [2.45, 2.75) is 46.5 Å². The van der Waals surface area contributed by atoms with Gasteiger partial charge < -0.3 is 0 Å². The maximum absolute atomic E-state index is 13.0. The van der Waals surface area contributed by atoms with Crippen LogP contribution in [0.25, 0.3) is 0 Å². The summed E-state index contributed by atoms with van der Waals surface area (Å²) in [5.74, 6) is -0.451. The molecule has 0 aromatic heterocycles.